The van der Waals surface area contributed by atoms with Crippen LogP contribution in [0, 0.1) is 10.1 Å². The van der Waals surface area contributed by atoms with E-state index >= 15 is 0 Å². The van der Waals surface area contributed by atoms with Gasteiger partial charge in [-0.1, -0.05) is 0 Å². The van der Waals surface area contributed by atoms with Crippen LogP contribution >= 0.6 is 0 Å². The third-order valence-electron chi connectivity index (χ3n) is 2.35. The normalized spacial score (nSPS) is 11.5. The lowest BCUT2D eigenvalue weighted by molar-refractivity contribution is -0.384. The molecule has 2 rings (SSSR count). The first-order valence-electron chi connectivity index (χ1n) is 5.64. The van der Waals surface area contributed by atoms with Gasteiger partial charge in [-0.05, 0) is 26.8 Å². The van der Waals surface area contributed by atoms with Crippen LogP contribution in [0.15, 0.2) is 18.2 Å². The van der Waals surface area contributed by atoms with Crippen molar-refractivity contribution in [2.24, 2.45) is 0 Å². The Morgan fingerprint density at radius 1 is 1.42 bits per heavy atom. The van der Waals surface area contributed by atoms with Crippen molar-refractivity contribution in [3.8, 4) is 0 Å². The lowest BCUT2D eigenvalue weighted by Crippen LogP contribution is -2.24. The maximum absolute atomic E-state index is 11.9. The van der Waals surface area contributed by atoms with Crippen molar-refractivity contribution in [3.63, 3.8) is 0 Å². The standard InChI is InChI=1S/C12H13N3O4/c1-12(2,3)19-11(16)10-8-6-7(15(17)18)4-5-9(8)13-14-10/h4-6H,1-3H3,(H,13,14). The van der Waals surface area contributed by atoms with Gasteiger partial charge in [-0.3, -0.25) is 15.2 Å². The summed E-state index contributed by atoms with van der Waals surface area (Å²) in [6.45, 7) is 5.21. The van der Waals surface area contributed by atoms with Gasteiger partial charge in [0.2, 0.25) is 0 Å². The molecule has 1 heterocycles. The summed E-state index contributed by atoms with van der Waals surface area (Å²) in [5.74, 6) is -0.612. The zero-order valence-electron chi connectivity index (χ0n) is 10.8. The highest BCUT2D eigenvalue weighted by molar-refractivity contribution is 6.02. The molecular formula is C12H13N3O4. The molecule has 7 heteroatoms. The van der Waals surface area contributed by atoms with Crippen molar-refractivity contribution < 1.29 is 14.5 Å². The number of aromatic amines is 1. The number of fused-ring (bicyclic) bond motifs is 1. The molecule has 7 nitrogen and oxygen atoms in total. The van der Waals surface area contributed by atoms with Crippen LogP contribution in [0.1, 0.15) is 31.3 Å². The van der Waals surface area contributed by atoms with Gasteiger partial charge in [0, 0.05) is 17.5 Å². The molecule has 0 radical (unpaired) electrons. The van der Waals surface area contributed by atoms with Gasteiger partial charge in [0.25, 0.3) is 5.69 Å². The number of non-ortho nitro benzene ring substituents is 1. The Labute approximate surface area is 108 Å². The number of nitro benzene ring substituents is 1. The van der Waals surface area contributed by atoms with Gasteiger partial charge in [-0.2, -0.15) is 5.10 Å². The molecule has 1 aromatic heterocycles. The van der Waals surface area contributed by atoms with E-state index in [9.17, 15) is 14.9 Å². The maximum atomic E-state index is 11.9. The van der Waals surface area contributed by atoms with Crippen LogP contribution in [0.3, 0.4) is 0 Å². The Morgan fingerprint density at radius 2 is 2.11 bits per heavy atom. The van der Waals surface area contributed by atoms with Crippen LogP contribution in [-0.2, 0) is 4.74 Å². The average Bonchev–Trinajstić information content (AvgIpc) is 2.68. The summed E-state index contributed by atoms with van der Waals surface area (Å²) < 4.78 is 5.20. The van der Waals surface area contributed by atoms with Gasteiger partial charge in [0.15, 0.2) is 5.69 Å². The van der Waals surface area contributed by atoms with Gasteiger partial charge in [-0.25, -0.2) is 4.79 Å². The Morgan fingerprint density at radius 3 is 2.68 bits per heavy atom. The molecule has 100 valence electrons. The number of nitro groups is 1. The number of ether oxygens (including phenoxy) is 1. The number of carbonyl (C=O) groups is 1. The van der Waals surface area contributed by atoms with Crippen molar-refractivity contribution in [3.05, 3.63) is 34.0 Å². The van der Waals surface area contributed by atoms with Crippen LogP contribution in [0.25, 0.3) is 10.9 Å². The molecule has 0 unspecified atom stereocenters. The van der Waals surface area contributed by atoms with E-state index in [2.05, 4.69) is 10.2 Å². The molecule has 0 saturated heterocycles. The monoisotopic (exact) mass is 263 g/mol. The van der Waals surface area contributed by atoms with E-state index in [4.69, 9.17) is 4.74 Å². The fraction of sp³-hybridized carbons (Fsp3) is 0.333. The molecule has 0 spiro atoms. The minimum atomic E-state index is -0.650. The quantitative estimate of drug-likeness (QED) is 0.509. The van der Waals surface area contributed by atoms with Gasteiger partial charge >= 0.3 is 5.97 Å². The average molecular weight is 263 g/mol. The lowest BCUT2D eigenvalue weighted by atomic mass is 10.1. The Hall–Kier alpha value is -2.44. The van der Waals surface area contributed by atoms with E-state index in [1.54, 1.807) is 20.8 Å². The number of nitrogens with one attached hydrogen (secondary N) is 1. The SMILES string of the molecule is CC(C)(C)OC(=O)c1n[nH]c2ccc([N+](=O)[O-])cc12. The zero-order chi connectivity index (χ0) is 14.2. The summed E-state index contributed by atoms with van der Waals surface area (Å²) in [7, 11) is 0. The predicted molar refractivity (Wildman–Crippen MR) is 67.9 cm³/mol. The topological polar surface area (TPSA) is 98.1 Å². The van der Waals surface area contributed by atoms with E-state index in [0.29, 0.717) is 10.9 Å². The van der Waals surface area contributed by atoms with Crippen molar-refractivity contribution >= 4 is 22.6 Å². The lowest BCUT2D eigenvalue weighted by Gasteiger charge is -2.18. The first-order chi connectivity index (χ1) is 8.78. The Balaban J connectivity index is 2.46. The van der Waals surface area contributed by atoms with Crippen molar-refractivity contribution in [2.45, 2.75) is 26.4 Å². The minimum Gasteiger partial charge on any atom is -0.455 e. The smallest absolute Gasteiger partial charge is 0.360 e. The number of aromatic nitrogens is 2. The molecule has 19 heavy (non-hydrogen) atoms. The summed E-state index contributed by atoms with van der Waals surface area (Å²) >= 11 is 0. The largest absolute Gasteiger partial charge is 0.455 e. The fourth-order valence-corrected chi connectivity index (χ4v) is 1.60. The number of hydrogen-bond acceptors (Lipinski definition) is 5. The van der Waals surface area contributed by atoms with Gasteiger partial charge in [0.05, 0.1) is 10.4 Å². The van der Waals surface area contributed by atoms with Crippen molar-refractivity contribution in [1.29, 1.82) is 0 Å². The number of carbonyl (C=O) groups excluding carboxylic acids is 1. The molecule has 1 aromatic carbocycles. The molecule has 0 fully saturated rings. The molecule has 2 aromatic rings. The highest BCUT2D eigenvalue weighted by atomic mass is 16.6. The molecule has 1 N–H and O–H groups in total. The van der Waals surface area contributed by atoms with Crippen molar-refractivity contribution in [2.75, 3.05) is 0 Å². The van der Waals surface area contributed by atoms with Crippen LogP contribution in [0.5, 0.6) is 0 Å². The van der Waals surface area contributed by atoms with Gasteiger partial charge in [-0.15, -0.1) is 0 Å². The number of esters is 1. The molecule has 0 bridgehead atoms. The number of H-pyrrole nitrogens is 1. The first kappa shape index (κ1) is 13.0. The van der Waals surface area contributed by atoms with Crippen molar-refractivity contribution in [1.82, 2.24) is 10.2 Å². The molecular weight excluding hydrogens is 250 g/mol. The number of nitrogens with zero attached hydrogens (tertiary/aromatic N) is 2. The molecule has 0 aliphatic rings. The second kappa shape index (κ2) is 4.34. The Kier molecular flexibility index (Phi) is 2.97. The van der Waals surface area contributed by atoms with Gasteiger partial charge in [0.1, 0.15) is 5.60 Å². The van der Waals surface area contributed by atoms with Gasteiger partial charge < -0.3 is 4.74 Å². The summed E-state index contributed by atoms with van der Waals surface area (Å²) in [5, 5.41) is 17.6. The maximum Gasteiger partial charge on any atom is 0.360 e. The third-order valence-corrected chi connectivity index (χ3v) is 2.35. The third kappa shape index (κ3) is 2.70. The summed E-state index contributed by atoms with van der Waals surface area (Å²) in [5.41, 5.74) is -0.151. The number of hydrogen-bond donors (Lipinski definition) is 1. The predicted octanol–water partition coefficient (Wildman–Crippen LogP) is 2.43. The van der Waals surface area contributed by atoms with E-state index in [1.165, 1.54) is 18.2 Å². The molecule has 0 atom stereocenters. The highest BCUT2D eigenvalue weighted by Gasteiger charge is 2.23. The molecule has 0 amide bonds. The van der Waals surface area contributed by atoms with Crippen LogP contribution in [0.4, 0.5) is 5.69 Å². The van der Waals surface area contributed by atoms with Crippen LogP contribution in [0.2, 0.25) is 0 Å². The molecule has 0 aliphatic carbocycles. The van der Waals surface area contributed by atoms with E-state index in [-0.39, 0.29) is 11.4 Å². The van der Waals surface area contributed by atoms with E-state index in [1.807, 2.05) is 0 Å². The Bertz CT molecular complexity index is 655. The minimum absolute atomic E-state index is 0.0497. The second-order valence-electron chi connectivity index (χ2n) is 5.06. The fourth-order valence-electron chi connectivity index (χ4n) is 1.60. The van der Waals surface area contributed by atoms with Crippen LogP contribution in [-0.4, -0.2) is 26.7 Å². The summed E-state index contributed by atoms with van der Waals surface area (Å²) in [4.78, 5) is 22.2. The first-order valence-corrected chi connectivity index (χ1v) is 5.64. The molecule has 0 saturated carbocycles. The van der Waals surface area contributed by atoms with E-state index in [0.717, 1.165) is 0 Å². The molecule has 0 aliphatic heterocycles. The summed E-state index contributed by atoms with van der Waals surface area (Å²) in [6, 6.07) is 4.16. The highest BCUT2D eigenvalue weighted by Crippen LogP contribution is 2.23. The zero-order valence-corrected chi connectivity index (χ0v) is 10.8. The van der Waals surface area contributed by atoms with E-state index < -0.39 is 16.5 Å². The number of benzene rings is 1. The summed E-state index contributed by atoms with van der Waals surface area (Å²) in [6.07, 6.45) is 0. The number of rotatable bonds is 2. The van der Waals surface area contributed by atoms with Crippen LogP contribution < -0.4 is 0 Å². The second-order valence-corrected chi connectivity index (χ2v) is 5.06.